The minimum atomic E-state index is 0.0228. The van der Waals surface area contributed by atoms with Crippen molar-refractivity contribution in [3.8, 4) is 0 Å². The van der Waals surface area contributed by atoms with E-state index in [1.165, 1.54) is 0 Å². The highest BCUT2D eigenvalue weighted by molar-refractivity contribution is 9.10. The number of pyridine rings is 1. The molecule has 8 heteroatoms. The second-order valence-corrected chi connectivity index (χ2v) is 6.84. The highest BCUT2D eigenvalue weighted by atomic mass is 79.9. The van der Waals surface area contributed by atoms with Gasteiger partial charge in [-0.15, -0.1) is 0 Å². The molecule has 25 heavy (non-hydrogen) atoms. The Balaban J connectivity index is 1.52. The molecule has 0 N–H and O–H groups in total. The average molecular weight is 401 g/mol. The van der Waals surface area contributed by atoms with Crippen molar-refractivity contribution in [2.24, 2.45) is 0 Å². The van der Waals surface area contributed by atoms with Gasteiger partial charge in [0.1, 0.15) is 5.82 Å². The fraction of sp³-hybridized carbons (Fsp3) is 0.294. The summed E-state index contributed by atoms with van der Waals surface area (Å²) in [6.07, 6.45) is 7.75. The van der Waals surface area contributed by atoms with E-state index in [1.54, 1.807) is 24.8 Å². The lowest BCUT2D eigenvalue weighted by atomic mass is 10.2. The number of amides is 1. The molecule has 1 aliphatic heterocycles. The second-order valence-electron chi connectivity index (χ2n) is 5.93. The maximum absolute atomic E-state index is 12.7. The first-order chi connectivity index (χ1) is 12.2. The van der Waals surface area contributed by atoms with Gasteiger partial charge in [-0.1, -0.05) is 0 Å². The predicted octanol–water partition coefficient (Wildman–Crippen LogP) is 2.24. The number of hydrogen-bond acceptors (Lipinski definition) is 5. The summed E-state index contributed by atoms with van der Waals surface area (Å²) < 4.78 is 2.66. The van der Waals surface area contributed by atoms with Crippen molar-refractivity contribution in [2.75, 3.05) is 31.1 Å². The molecule has 0 aliphatic carbocycles. The van der Waals surface area contributed by atoms with Gasteiger partial charge in [-0.25, -0.2) is 4.98 Å². The highest BCUT2D eigenvalue weighted by Crippen LogP contribution is 2.18. The van der Waals surface area contributed by atoms with Gasteiger partial charge in [0.15, 0.2) is 5.65 Å². The second kappa shape index (κ2) is 6.79. The molecule has 3 aromatic heterocycles. The number of carbonyl (C=O) groups excluding carboxylic acids is 1. The zero-order valence-corrected chi connectivity index (χ0v) is 15.1. The van der Waals surface area contributed by atoms with Crippen LogP contribution in [-0.4, -0.2) is 56.6 Å². The van der Waals surface area contributed by atoms with Crippen LogP contribution in [0.2, 0.25) is 0 Å². The Kier molecular flexibility index (Phi) is 4.35. The lowest BCUT2D eigenvalue weighted by molar-refractivity contribution is 0.0766. The van der Waals surface area contributed by atoms with E-state index in [9.17, 15) is 4.79 Å². The van der Waals surface area contributed by atoms with E-state index in [-0.39, 0.29) is 5.91 Å². The van der Waals surface area contributed by atoms with Gasteiger partial charge in [0.25, 0.3) is 5.91 Å². The molecule has 0 bridgehead atoms. The number of rotatable bonds is 2. The van der Waals surface area contributed by atoms with Crippen molar-refractivity contribution < 1.29 is 4.79 Å². The number of halogens is 1. The molecule has 4 rings (SSSR count). The summed E-state index contributed by atoms with van der Waals surface area (Å²) >= 11 is 3.37. The Labute approximate surface area is 153 Å². The summed E-state index contributed by atoms with van der Waals surface area (Å²) in [5.41, 5.74) is 1.44. The van der Waals surface area contributed by atoms with E-state index in [2.05, 4.69) is 35.9 Å². The number of aromatic nitrogens is 4. The summed E-state index contributed by atoms with van der Waals surface area (Å²) in [6.45, 7) is 3.03. The van der Waals surface area contributed by atoms with Crippen LogP contribution in [-0.2, 0) is 0 Å². The molecular formula is C17H17BrN6O. The Morgan fingerprint density at radius 1 is 1.08 bits per heavy atom. The van der Waals surface area contributed by atoms with Crippen LogP contribution in [0.25, 0.3) is 5.65 Å². The van der Waals surface area contributed by atoms with Gasteiger partial charge in [0.05, 0.1) is 11.8 Å². The number of nitrogens with zero attached hydrogens (tertiary/aromatic N) is 6. The molecule has 4 heterocycles. The Morgan fingerprint density at radius 2 is 2.00 bits per heavy atom. The number of anilines is 1. The molecule has 0 saturated carbocycles. The minimum absolute atomic E-state index is 0.0228. The maximum atomic E-state index is 12.7. The van der Waals surface area contributed by atoms with Crippen LogP contribution in [0, 0.1) is 0 Å². The summed E-state index contributed by atoms with van der Waals surface area (Å²) in [7, 11) is 0. The third-order valence-corrected chi connectivity index (χ3v) is 4.76. The summed E-state index contributed by atoms with van der Waals surface area (Å²) in [4.78, 5) is 25.3. The van der Waals surface area contributed by atoms with Crippen LogP contribution >= 0.6 is 15.9 Å². The Morgan fingerprint density at radius 3 is 2.88 bits per heavy atom. The van der Waals surface area contributed by atoms with Crippen molar-refractivity contribution in [2.45, 2.75) is 6.42 Å². The van der Waals surface area contributed by atoms with Crippen LogP contribution in [0.3, 0.4) is 0 Å². The van der Waals surface area contributed by atoms with Gasteiger partial charge in [-0.3, -0.25) is 9.78 Å². The molecule has 0 radical (unpaired) electrons. The summed E-state index contributed by atoms with van der Waals surface area (Å²) in [5.74, 6) is 1.03. The largest absolute Gasteiger partial charge is 0.355 e. The van der Waals surface area contributed by atoms with Crippen molar-refractivity contribution >= 4 is 33.3 Å². The number of carbonyl (C=O) groups is 1. The minimum Gasteiger partial charge on any atom is -0.355 e. The number of hydrogen-bond donors (Lipinski definition) is 0. The van der Waals surface area contributed by atoms with E-state index in [1.807, 2.05) is 27.6 Å². The lowest BCUT2D eigenvalue weighted by Crippen LogP contribution is -2.35. The first-order valence-electron chi connectivity index (χ1n) is 8.16. The quantitative estimate of drug-likeness (QED) is 0.659. The molecular weight excluding hydrogens is 384 g/mol. The first kappa shape index (κ1) is 16.0. The summed E-state index contributed by atoms with van der Waals surface area (Å²) in [6, 6.07) is 5.67. The molecule has 0 atom stereocenters. The van der Waals surface area contributed by atoms with Gasteiger partial charge >= 0.3 is 0 Å². The monoisotopic (exact) mass is 400 g/mol. The molecule has 0 spiro atoms. The van der Waals surface area contributed by atoms with E-state index in [4.69, 9.17) is 0 Å². The van der Waals surface area contributed by atoms with Gasteiger partial charge in [0.2, 0.25) is 0 Å². The lowest BCUT2D eigenvalue weighted by Gasteiger charge is -2.24. The normalized spacial score (nSPS) is 15.4. The van der Waals surface area contributed by atoms with Crippen LogP contribution in [0.15, 0.2) is 47.5 Å². The van der Waals surface area contributed by atoms with Crippen molar-refractivity contribution in [3.63, 3.8) is 0 Å². The van der Waals surface area contributed by atoms with Gasteiger partial charge in [-0.05, 0) is 34.5 Å². The smallest absolute Gasteiger partial charge is 0.255 e. The molecule has 128 valence electrons. The fourth-order valence-corrected chi connectivity index (χ4v) is 3.49. The summed E-state index contributed by atoms with van der Waals surface area (Å²) in [5, 5.41) is 4.35. The highest BCUT2D eigenvalue weighted by Gasteiger charge is 2.22. The molecule has 0 unspecified atom stereocenters. The van der Waals surface area contributed by atoms with E-state index in [0.717, 1.165) is 42.0 Å². The maximum Gasteiger partial charge on any atom is 0.255 e. The number of fused-ring (bicyclic) bond motifs is 1. The molecule has 0 aromatic carbocycles. The first-order valence-corrected chi connectivity index (χ1v) is 8.95. The van der Waals surface area contributed by atoms with Gasteiger partial charge in [0, 0.05) is 55.3 Å². The molecule has 7 nitrogen and oxygen atoms in total. The third-order valence-electron chi connectivity index (χ3n) is 4.33. The molecule has 1 aliphatic rings. The topological polar surface area (TPSA) is 66.6 Å². The van der Waals surface area contributed by atoms with Crippen LogP contribution in [0.1, 0.15) is 16.8 Å². The van der Waals surface area contributed by atoms with Gasteiger partial charge < -0.3 is 9.80 Å². The van der Waals surface area contributed by atoms with Crippen LogP contribution in [0.5, 0.6) is 0 Å². The molecule has 1 amide bonds. The SMILES string of the molecule is O=C(c1cncc(Br)c1)N1CCCN(c2ccnc3ccnn23)CC1. The van der Waals surface area contributed by atoms with E-state index >= 15 is 0 Å². The van der Waals surface area contributed by atoms with Crippen LogP contribution in [0.4, 0.5) is 5.82 Å². The predicted molar refractivity (Wildman–Crippen MR) is 97.7 cm³/mol. The Hall–Kier alpha value is -2.48. The van der Waals surface area contributed by atoms with Crippen molar-refractivity contribution in [3.05, 3.63) is 53.0 Å². The van der Waals surface area contributed by atoms with Gasteiger partial charge in [-0.2, -0.15) is 9.61 Å². The standard InChI is InChI=1S/C17H17BrN6O/c18-14-10-13(11-19-12-14)17(25)23-7-1-6-22(8-9-23)16-3-4-20-15-2-5-21-24(15)16/h2-5,10-12H,1,6-9H2. The fourth-order valence-electron chi connectivity index (χ4n) is 3.12. The van der Waals surface area contributed by atoms with E-state index < -0.39 is 0 Å². The molecule has 3 aromatic rings. The van der Waals surface area contributed by atoms with E-state index in [0.29, 0.717) is 12.1 Å². The Bertz CT molecular complexity index is 911. The zero-order valence-electron chi connectivity index (χ0n) is 13.5. The molecule has 1 fully saturated rings. The van der Waals surface area contributed by atoms with Crippen LogP contribution < -0.4 is 4.90 Å². The van der Waals surface area contributed by atoms with Crippen molar-refractivity contribution in [1.29, 1.82) is 0 Å². The average Bonchev–Trinajstić information content (AvgIpc) is 2.98. The zero-order chi connectivity index (χ0) is 17.2. The third kappa shape index (κ3) is 3.21. The molecule has 1 saturated heterocycles. The van der Waals surface area contributed by atoms with Crippen molar-refractivity contribution in [1.82, 2.24) is 24.5 Å².